The molecule has 0 aromatic carbocycles. The molecule has 0 spiro atoms. The highest BCUT2D eigenvalue weighted by Crippen LogP contribution is 2.34. The Kier molecular flexibility index (Phi) is 5.62. The van der Waals surface area contributed by atoms with Crippen molar-refractivity contribution in [2.45, 2.75) is 33.1 Å². The van der Waals surface area contributed by atoms with Gasteiger partial charge in [-0.05, 0) is 19.8 Å². The Morgan fingerprint density at radius 2 is 1.88 bits per heavy atom. The van der Waals surface area contributed by atoms with E-state index in [0.717, 1.165) is 35.7 Å². The average Bonchev–Trinajstić information content (AvgIpc) is 2.55. The third-order valence-corrected chi connectivity index (χ3v) is 4.78. The summed E-state index contributed by atoms with van der Waals surface area (Å²) in [6.45, 7) is 4.05. The predicted molar refractivity (Wildman–Crippen MR) is 75.4 cm³/mol. The third kappa shape index (κ3) is 3.30. The van der Waals surface area contributed by atoms with Crippen LogP contribution >= 0.6 is 34.8 Å². The summed E-state index contributed by atoms with van der Waals surface area (Å²) in [6, 6.07) is 0. The molecule has 0 amide bonds. The van der Waals surface area contributed by atoms with Crippen molar-refractivity contribution in [2.75, 3.05) is 11.8 Å². The molecule has 1 aromatic heterocycles. The number of halogens is 3. The Hall–Kier alpha value is 0.0800. The molecular formula is C12H19Cl3N2. The molecule has 0 saturated heterocycles. The highest BCUT2D eigenvalue weighted by atomic mass is 35.5. The molecule has 5 heteroatoms. The van der Waals surface area contributed by atoms with Gasteiger partial charge in [-0.15, -0.1) is 23.2 Å². The monoisotopic (exact) mass is 296 g/mol. The summed E-state index contributed by atoms with van der Waals surface area (Å²) in [5.74, 6) is 1.09. The van der Waals surface area contributed by atoms with E-state index in [1.807, 2.05) is 18.7 Å². The zero-order valence-electron chi connectivity index (χ0n) is 10.6. The van der Waals surface area contributed by atoms with E-state index in [0.29, 0.717) is 11.8 Å². The fraction of sp³-hybridized carbons (Fsp3) is 0.750. The molecule has 0 saturated carbocycles. The second-order valence-electron chi connectivity index (χ2n) is 4.66. The minimum absolute atomic E-state index is 0.0816. The molecule has 0 aliphatic rings. The van der Waals surface area contributed by atoms with E-state index in [1.165, 1.54) is 0 Å². The lowest BCUT2D eigenvalue weighted by atomic mass is 9.82. The molecule has 0 N–H and O–H groups in total. The van der Waals surface area contributed by atoms with Crippen LogP contribution in [0.3, 0.4) is 0 Å². The van der Waals surface area contributed by atoms with Crippen LogP contribution < -0.4 is 0 Å². The number of hydrogen-bond donors (Lipinski definition) is 0. The number of hydrogen-bond acceptors (Lipinski definition) is 1. The van der Waals surface area contributed by atoms with Gasteiger partial charge in [-0.3, -0.25) is 4.68 Å². The maximum atomic E-state index is 6.26. The lowest BCUT2D eigenvalue weighted by molar-refractivity contribution is 0.332. The van der Waals surface area contributed by atoms with Crippen molar-refractivity contribution in [3.8, 4) is 0 Å². The number of nitrogens with zero attached hydrogens (tertiary/aromatic N) is 2. The van der Waals surface area contributed by atoms with Gasteiger partial charge < -0.3 is 0 Å². The summed E-state index contributed by atoms with van der Waals surface area (Å²) in [4.78, 5) is 0. The third-order valence-electron chi connectivity index (χ3n) is 3.15. The second kappa shape index (κ2) is 6.31. The Morgan fingerprint density at radius 3 is 2.24 bits per heavy atom. The van der Waals surface area contributed by atoms with E-state index in [2.05, 4.69) is 12.0 Å². The summed E-state index contributed by atoms with van der Waals surface area (Å²) in [5, 5.41) is 5.06. The first kappa shape index (κ1) is 15.1. The van der Waals surface area contributed by atoms with Gasteiger partial charge in [0.15, 0.2) is 0 Å². The van der Waals surface area contributed by atoms with Gasteiger partial charge in [0.05, 0.1) is 16.4 Å². The van der Waals surface area contributed by atoms with Gasteiger partial charge in [0.2, 0.25) is 0 Å². The highest BCUT2D eigenvalue weighted by Gasteiger charge is 2.30. The molecule has 98 valence electrons. The molecule has 0 bridgehead atoms. The molecule has 0 atom stereocenters. The number of aryl methyl sites for hydroxylation is 2. The van der Waals surface area contributed by atoms with E-state index in [4.69, 9.17) is 34.8 Å². The summed E-state index contributed by atoms with van der Waals surface area (Å²) in [7, 11) is 1.91. The van der Waals surface area contributed by atoms with Gasteiger partial charge in [0.25, 0.3) is 0 Å². The van der Waals surface area contributed by atoms with E-state index in [-0.39, 0.29) is 5.41 Å². The van der Waals surface area contributed by atoms with Gasteiger partial charge in [0, 0.05) is 24.2 Å². The van der Waals surface area contributed by atoms with Crippen molar-refractivity contribution >= 4 is 34.8 Å². The van der Waals surface area contributed by atoms with Crippen molar-refractivity contribution in [3.63, 3.8) is 0 Å². The Morgan fingerprint density at radius 1 is 1.29 bits per heavy atom. The standard InChI is InChI=1S/C12H19Cl3N2/c1-4-5-12(7-13,8-14)6-10-11(15)9(2)16-17(10)3/h4-8H2,1-3H3. The van der Waals surface area contributed by atoms with Gasteiger partial charge in [0.1, 0.15) is 0 Å². The Bertz CT molecular complexity index is 370. The van der Waals surface area contributed by atoms with Crippen LogP contribution in [-0.2, 0) is 13.5 Å². The van der Waals surface area contributed by atoms with Crippen LogP contribution in [0.4, 0.5) is 0 Å². The topological polar surface area (TPSA) is 17.8 Å². The van der Waals surface area contributed by atoms with E-state index in [9.17, 15) is 0 Å². The highest BCUT2D eigenvalue weighted by molar-refractivity contribution is 6.31. The van der Waals surface area contributed by atoms with Crippen LogP contribution in [0.25, 0.3) is 0 Å². The van der Waals surface area contributed by atoms with Crippen LogP contribution in [0.1, 0.15) is 31.2 Å². The van der Waals surface area contributed by atoms with Crippen LogP contribution in [0.5, 0.6) is 0 Å². The molecule has 0 unspecified atom stereocenters. The summed E-state index contributed by atoms with van der Waals surface area (Å²) >= 11 is 18.5. The van der Waals surface area contributed by atoms with E-state index >= 15 is 0 Å². The van der Waals surface area contributed by atoms with E-state index in [1.54, 1.807) is 0 Å². The largest absolute Gasteiger partial charge is 0.271 e. The number of alkyl halides is 2. The summed E-state index contributed by atoms with van der Waals surface area (Å²) < 4.78 is 1.83. The fourth-order valence-electron chi connectivity index (χ4n) is 2.11. The molecule has 1 aromatic rings. The quantitative estimate of drug-likeness (QED) is 0.720. The zero-order chi connectivity index (χ0) is 13.1. The maximum Gasteiger partial charge on any atom is 0.0847 e. The second-order valence-corrected chi connectivity index (χ2v) is 5.58. The van der Waals surface area contributed by atoms with Crippen molar-refractivity contribution in [1.82, 2.24) is 9.78 Å². The molecule has 2 nitrogen and oxygen atoms in total. The Labute approximate surface area is 118 Å². The lowest BCUT2D eigenvalue weighted by Gasteiger charge is -2.29. The fourth-order valence-corrected chi connectivity index (χ4v) is 3.08. The van der Waals surface area contributed by atoms with Crippen molar-refractivity contribution < 1.29 is 0 Å². The van der Waals surface area contributed by atoms with Crippen LogP contribution in [-0.4, -0.2) is 21.5 Å². The predicted octanol–water partition coefficient (Wildman–Crippen LogP) is 4.19. The van der Waals surface area contributed by atoms with Gasteiger partial charge >= 0.3 is 0 Å². The molecule has 17 heavy (non-hydrogen) atoms. The molecular weight excluding hydrogens is 279 g/mol. The molecule has 0 fully saturated rings. The first-order valence-electron chi connectivity index (χ1n) is 5.79. The van der Waals surface area contributed by atoms with Crippen LogP contribution in [0.2, 0.25) is 5.02 Å². The minimum Gasteiger partial charge on any atom is -0.271 e. The Balaban J connectivity index is 3.00. The molecule has 1 heterocycles. The number of rotatable bonds is 6. The van der Waals surface area contributed by atoms with Crippen molar-refractivity contribution in [1.29, 1.82) is 0 Å². The molecule has 0 aliphatic carbocycles. The zero-order valence-corrected chi connectivity index (χ0v) is 12.8. The van der Waals surface area contributed by atoms with Gasteiger partial charge in [-0.1, -0.05) is 24.9 Å². The smallest absolute Gasteiger partial charge is 0.0847 e. The molecule has 0 aliphatic heterocycles. The lowest BCUT2D eigenvalue weighted by Crippen LogP contribution is -2.29. The van der Waals surface area contributed by atoms with Crippen LogP contribution in [0, 0.1) is 12.3 Å². The SMILES string of the molecule is CCCC(CCl)(CCl)Cc1c(Cl)c(C)nn1C. The summed E-state index contributed by atoms with van der Waals surface area (Å²) in [5.41, 5.74) is 1.81. The normalized spacial score (nSPS) is 12.1. The maximum absolute atomic E-state index is 6.26. The van der Waals surface area contributed by atoms with Gasteiger partial charge in [-0.2, -0.15) is 5.10 Å². The van der Waals surface area contributed by atoms with Crippen molar-refractivity contribution in [3.05, 3.63) is 16.4 Å². The molecule has 0 radical (unpaired) electrons. The number of aromatic nitrogens is 2. The minimum atomic E-state index is -0.0816. The molecule has 1 rings (SSSR count). The first-order valence-corrected chi connectivity index (χ1v) is 7.24. The average molecular weight is 298 g/mol. The van der Waals surface area contributed by atoms with Gasteiger partial charge in [-0.25, -0.2) is 0 Å². The first-order chi connectivity index (χ1) is 7.99. The van der Waals surface area contributed by atoms with E-state index < -0.39 is 0 Å². The summed E-state index contributed by atoms with van der Waals surface area (Å²) in [6.07, 6.45) is 2.85. The van der Waals surface area contributed by atoms with Crippen molar-refractivity contribution in [2.24, 2.45) is 12.5 Å². The van der Waals surface area contributed by atoms with Crippen LogP contribution in [0.15, 0.2) is 0 Å².